The van der Waals surface area contributed by atoms with Crippen LogP contribution < -0.4 is 10.6 Å². The zero-order valence-electron chi connectivity index (χ0n) is 14.0. The first kappa shape index (κ1) is 18.5. The molecule has 5 heteroatoms. The third-order valence-corrected chi connectivity index (χ3v) is 3.21. The minimum absolute atomic E-state index is 0.648. The standard InChI is InChI=1S/C17H29N3O2/c1-4-21-12-8-11-19-17(18-3)20-13-15-9-6-7-10-16(15)14-22-5-2/h6-7,9-10H,4-5,8,11-14H2,1-3H3,(H2,18,19,20). The summed E-state index contributed by atoms with van der Waals surface area (Å²) in [5.41, 5.74) is 2.44. The van der Waals surface area contributed by atoms with Crippen LogP contribution in [0.5, 0.6) is 0 Å². The van der Waals surface area contributed by atoms with E-state index in [9.17, 15) is 0 Å². The highest BCUT2D eigenvalue weighted by molar-refractivity contribution is 5.79. The lowest BCUT2D eigenvalue weighted by Gasteiger charge is -2.14. The number of rotatable bonds is 10. The van der Waals surface area contributed by atoms with E-state index in [2.05, 4.69) is 27.8 Å². The fourth-order valence-corrected chi connectivity index (χ4v) is 2.01. The summed E-state index contributed by atoms with van der Waals surface area (Å²) in [6.45, 7) is 8.51. The van der Waals surface area contributed by atoms with Gasteiger partial charge in [-0.25, -0.2) is 0 Å². The van der Waals surface area contributed by atoms with E-state index in [0.29, 0.717) is 6.61 Å². The van der Waals surface area contributed by atoms with Gasteiger partial charge in [0.1, 0.15) is 0 Å². The Morgan fingerprint density at radius 3 is 2.45 bits per heavy atom. The predicted molar refractivity (Wildman–Crippen MR) is 91.1 cm³/mol. The van der Waals surface area contributed by atoms with E-state index in [0.717, 1.165) is 45.3 Å². The molecule has 0 fully saturated rings. The van der Waals surface area contributed by atoms with Crippen molar-refractivity contribution in [2.45, 2.75) is 33.4 Å². The molecule has 0 radical (unpaired) electrons. The number of nitrogens with zero attached hydrogens (tertiary/aromatic N) is 1. The molecule has 0 aliphatic heterocycles. The van der Waals surface area contributed by atoms with Crippen molar-refractivity contribution in [2.75, 3.05) is 33.4 Å². The number of hydrogen-bond donors (Lipinski definition) is 2. The summed E-state index contributed by atoms with van der Waals surface area (Å²) in [6, 6.07) is 8.30. The van der Waals surface area contributed by atoms with E-state index < -0.39 is 0 Å². The van der Waals surface area contributed by atoms with Gasteiger partial charge in [0.15, 0.2) is 5.96 Å². The normalized spacial score (nSPS) is 11.5. The van der Waals surface area contributed by atoms with Gasteiger partial charge >= 0.3 is 0 Å². The third kappa shape index (κ3) is 7.43. The molecule has 0 amide bonds. The minimum Gasteiger partial charge on any atom is -0.382 e. The lowest BCUT2D eigenvalue weighted by Crippen LogP contribution is -2.37. The monoisotopic (exact) mass is 307 g/mol. The highest BCUT2D eigenvalue weighted by Gasteiger charge is 2.03. The molecule has 0 aromatic heterocycles. The van der Waals surface area contributed by atoms with Crippen LogP contribution in [0.15, 0.2) is 29.3 Å². The lowest BCUT2D eigenvalue weighted by molar-refractivity contribution is 0.133. The van der Waals surface area contributed by atoms with Gasteiger partial charge in [-0.15, -0.1) is 0 Å². The van der Waals surface area contributed by atoms with Gasteiger partial charge in [0, 0.05) is 40.0 Å². The van der Waals surface area contributed by atoms with Crippen LogP contribution >= 0.6 is 0 Å². The Morgan fingerprint density at radius 1 is 1.05 bits per heavy atom. The van der Waals surface area contributed by atoms with Crippen molar-refractivity contribution in [2.24, 2.45) is 4.99 Å². The maximum absolute atomic E-state index is 5.51. The van der Waals surface area contributed by atoms with Crippen LogP contribution in [0.25, 0.3) is 0 Å². The molecule has 0 saturated carbocycles. The van der Waals surface area contributed by atoms with E-state index in [1.165, 1.54) is 11.1 Å². The van der Waals surface area contributed by atoms with Gasteiger partial charge in [-0.1, -0.05) is 24.3 Å². The van der Waals surface area contributed by atoms with E-state index in [-0.39, 0.29) is 0 Å². The zero-order valence-corrected chi connectivity index (χ0v) is 14.0. The summed E-state index contributed by atoms with van der Waals surface area (Å²) in [4.78, 5) is 4.24. The van der Waals surface area contributed by atoms with Crippen LogP contribution in [0.1, 0.15) is 31.4 Å². The van der Waals surface area contributed by atoms with Crippen molar-refractivity contribution in [3.05, 3.63) is 35.4 Å². The second kappa shape index (κ2) is 12.0. The molecular formula is C17H29N3O2. The van der Waals surface area contributed by atoms with Crippen LogP contribution in [-0.4, -0.2) is 39.4 Å². The van der Waals surface area contributed by atoms with Crippen molar-refractivity contribution < 1.29 is 9.47 Å². The maximum Gasteiger partial charge on any atom is 0.191 e. The van der Waals surface area contributed by atoms with Crippen molar-refractivity contribution in [1.82, 2.24) is 10.6 Å². The molecule has 0 heterocycles. The quantitative estimate of drug-likeness (QED) is 0.396. The Bertz CT molecular complexity index is 436. The van der Waals surface area contributed by atoms with Gasteiger partial charge < -0.3 is 20.1 Å². The van der Waals surface area contributed by atoms with Crippen LogP contribution in [0.4, 0.5) is 0 Å². The molecule has 22 heavy (non-hydrogen) atoms. The van der Waals surface area contributed by atoms with Gasteiger partial charge in [0.25, 0.3) is 0 Å². The summed E-state index contributed by atoms with van der Waals surface area (Å²) in [6.07, 6.45) is 0.968. The van der Waals surface area contributed by atoms with E-state index in [1.807, 2.05) is 26.0 Å². The average molecular weight is 307 g/mol. The molecular weight excluding hydrogens is 278 g/mol. The smallest absolute Gasteiger partial charge is 0.191 e. The van der Waals surface area contributed by atoms with Gasteiger partial charge in [-0.05, 0) is 31.4 Å². The van der Waals surface area contributed by atoms with Crippen molar-refractivity contribution in [1.29, 1.82) is 0 Å². The molecule has 0 aliphatic rings. The maximum atomic E-state index is 5.51. The van der Waals surface area contributed by atoms with E-state index in [1.54, 1.807) is 7.05 Å². The van der Waals surface area contributed by atoms with Crippen LogP contribution in [0, 0.1) is 0 Å². The molecule has 124 valence electrons. The van der Waals surface area contributed by atoms with Gasteiger partial charge in [0.2, 0.25) is 0 Å². The largest absolute Gasteiger partial charge is 0.382 e. The number of hydrogen-bond acceptors (Lipinski definition) is 3. The predicted octanol–water partition coefficient (Wildman–Crippen LogP) is 2.31. The first-order chi connectivity index (χ1) is 10.8. The van der Waals surface area contributed by atoms with Crippen LogP contribution in [0.3, 0.4) is 0 Å². The SMILES string of the molecule is CCOCCCNC(=NC)NCc1ccccc1COCC. The second-order valence-electron chi connectivity index (χ2n) is 4.81. The molecule has 0 unspecified atom stereocenters. The number of ether oxygens (including phenoxy) is 2. The first-order valence-corrected chi connectivity index (χ1v) is 7.98. The lowest BCUT2D eigenvalue weighted by atomic mass is 10.1. The van der Waals surface area contributed by atoms with E-state index in [4.69, 9.17) is 9.47 Å². The van der Waals surface area contributed by atoms with Crippen LogP contribution in [0.2, 0.25) is 0 Å². The Hall–Kier alpha value is -1.59. The minimum atomic E-state index is 0.648. The highest BCUT2D eigenvalue weighted by atomic mass is 16.5. The fraction of sp³-hybridized carbons (Fsp3) is 0.588. The van der Waals surface area contributed by atoms with Gasteiger partial charge in [-0.3, -0.25) is 4.99 Å². The molecule has 0 saturated heterocycles. The summed E-state index contributed by atoms with van der Waals surface area (Å²) < 4.78 is 10.8. The summed E-state index contributed by atoms with van der Waals surface area (Å²) >= 11 is 0. The Morgan fingerprint density at radius 2 is 1.77 bits per heavy atom. The Labute approximate surface area is 134 Å². The molecule has 0 atom stereocenters. The topological polar surface area (TPSA) is 54.9 Å². The van der Waals surface area contributed by atoms with E-state index >= 15 is 0 Å². The summed E-state index contributed by atoms with van der Waals surface area (Å²) in [5.74, 6) is 0.808. The molecule has 5 nitrogen and oxygen atoms in total. The molecule has 1 aromatic rings. The van der Waals surface area contributed by atoms with Crippen LogP contribution in [-0.2, 0) is 22.6 Å². The zero-order chi connectivity index (χ0) is 16.0. The Kier molecular flexibility index (Phi) is 10.1. The molecule has 1 rings (SSSR count). The molecule has 0 spiro atoms. The Balaban J connectivity index is 2.39. The second-order valence-corrected chi connectivity index (χ2v) is 4.81. The first-order valence-electron chi connectivity index (χ1n) is 7.98. The molecule has 2 N–H and O–H groups in total. The number of aliphatic imine (C=N–C) groups is 1. The van der Waals surface area contributed by atoms with Crippen molar-refractivity contribution in [3.8, 4) is 0 Å². The number of nitrogens with one attached hydrogen (secondary N) is 2. The number of guanidine groups is 1. The van der Waals surface area contributed by atoms with Crippen molar-refractivity contribution in [3.63, 3.8) is 0 Å². The molecule has 1 aromatic carbocycles. The number of benzene rings is 1. The van der Waals surface area contributed by atoms with Gasteiger partial charge in [-0.2, -0.15) is 0 Å². The summed E-state index contributed by atoms with van der Waals surface area (Å²) in [5, 5.41) is 6.62. The third-order valence-electron chi connectivity index (χ3n) is 3.21. The van der Waals surface area contributed by atoms with Gasteiger partial charge in [0.05, 0.1) is 6.61 Å². The fourth-order valence-electron chi connectivity index (χ4n) is 2.01. The highest BCUT2D eigenvalue weighted by Crippen LogP contribution is 2.09. The average Bonchev–Trinajstić information content (AvgIpc) is 2.56. The molecule has 0 aliphatic carbocycles. The molecule has 0 bridgehead atoms. The summed E-state index contributed by atoms with van der Waals surface area (Å²) in [7, 11) is 1.78. The van der Waals surface area contributed by atoms with Crippen molar-refractivity contribution >= 4 is 5.96 Å².